The lowest BCUT2D eigenvalue weighted by molar-refractivity contribution is 0.00294. The average molecular weight is 235 g/mol. The number of carbonyl (C=O) groups is 1. The van der Waals surface area contributed by atoms with Crippen LogP contribution < -0.4 is 10.6 Å². The van der Waals surface area contributed by atoms with Crippen LogP contribution in [0, 0.1) is 0 Å². The number of β-amino-alcohol motifs (C(OH)–C–C–N with tert-alkyl or cyclic N) is 1. The molecule has 0 bridgehead atoms. The summed E-state index contributed by atoms with van der Waals surface area (Å²) in [6, 6.07) is 3.41. The third-order valence-corrected chi connectivity index (χ3v) is 3.04. The Labute approximate surface area is 100 Å². The summed E-state index contributed by atoms with van der Waals surface area (Å²) in [7, 11) is 0. The molecule has 1 aliphatic heterocycles. The van der Waals surface area contributed by atoms with Gasteiger partial charge in [-0.2, -0.15) is 0 Å². The van der Waals surface area contributed by atoms with Crippen molar-refractivity contribution in [2.24, 2.45) is 5.73 Å². The van der Waals surface area contributed by atoms with Crippen LogP contribution in [0.3, 0.4) is 0 Å². The monoisotopic (exact) mass is 235 g/mol. The van der Waals surface area contributed by atoms with E-state index < -0.39 is 11.5 Å². The second-order valence-electron chi connectivity index (χ2n) is 4.60. The summed E-state index contributed by atoms with van der Waals surface area (Å²) in [5, 5.41) is 10.0. The molecule has 0 aliphatic carbocycles. The van der Waals surface area contributed by atoms with Crippen molar-refractivity contribution in [2.75, 3.05) is 18.0 Å². The number of carbonyl (C=O) groups excluding carboxylic acids is 1. The van der Waals surface area contributed by atoms with Gasteiger partial charge in [0.15, 0.2) is 0 Å². The zero-order valence-electron chi connectivity index (χ0n) is 9.89. The molecule has 1 aromatic heterocycles. The Kier molecular flexibility index (Phi) is 3.02. The van der Waals surface area contributed by atoms with Gasteiger partial charge in [-0.05, 0) is 18.6 Å². The van der Waals surface area contributed by atoms with Gasteiger partial charge in [-0.25, -0.2) is 4.98 Å². The van der Waals surface area contributed by atoms with Crippen molar-refractivity contribution in [3.05, 3.63) is 23.9 Å². The zero-order valence-corrected chi connectivity index (χ0v) is 9.89. The molecule has 0 unspecified atom stereocenters. The average Bonchev–Trinajstić information content (AvgIpc) is 2.26. The number of amides is 1. The van der Waals surface area contributed by atoms with Gasteiger partial charge in [-0.15, -0.1) is 0 Å². The maximum absolute atomic E-state index is 10.9. The van der Waals surface area contributed by atoms with E-state index in [1.165, 1.54) is 6.20 Å². The minimum absolute atomic E-state index is 0.401. The number of primary amides is 1. The summed E-state index contributed by atoms with van der Waals surface area (Å²) in [5.41, 5.74) is 4.97. The Bertz CT molecular complexity index is 410. The van der Waals surface area contributed by atoms with Crippen molar-refractivity contribution < 1.29 is 9.90 Å². The Morgan fingerprint density at radius 1 is 1.59 bits per heavy atom. The molecule has 17 heavy (non-hydrogen) atoms. The molecule has 5 nitrogen and oxygen atoms in total. The van der Waals surface area contributed by atoms with Crippen LogP contribution in [0.1, 0.15) is 30.1 Å². The Morgan fingerprint density at radius 3 is 2.76 bits per heavy atom. The van der Waals surface area contributed by atoms with Gasteiger partial charge < -0.3 is 15.7 Å². The van der Waals surface area contributed by atoms with Gasteiger partial charge in [-0.1, -0.05) is 13.3 Å². The third kappa shape index (κ3) is 2.39. The van der Waals surface area contributed by atoms with Crippen LogP contribution in [0.2, 0.25) is 0 Å². The highest BCUT2D eigenvalue weighted by molar-refractivity contribution is 5.92. The maximum atomic E-state index is 10.9. The number of anilines is 1. The fourth-order valence-electron chi connectivity index (χ4n) is 2.17. The molecule has 1 aromatic rings. The molecule has 0 aromatic carbocycles. The number of aromatic nitrogens is 1. The van der Waals surface area contributed by atoms with Crippen molar-refractivity contribution in [2.45, 2.75) is 25.4 Å². The number of rotatable bonds is 4. The molecule has 92 valence electrons. The molecule has 0 saturated carbocycles. The fraction of sp³-hybridized carbons (Fsp3) is 0.500. The second-order valence-corrected chi connectivity index (χ2v) is 4.60. The summed E-state index contributed by atoms with van der Waals surface area (Å²) in [6.07, 6.45) is 3.25. The molecule has 3 N–H and O–H groups in total. The van der Waals surface area contributed by atoms with Crippen molar-refractivity contribution in [1.82, 2.24) is 4.98 Å². The van der Waals surface area contributed by atoms with Gasteiger partial charge in [0.25, 0.3) is 0 Å². The van der Waals surface area contributed by atoms with E-state index >= 15 is 0 Å². The Hall–Kier alpha value is -1.62. The van der Waals surface area contributed by atoms with Gasteiger partial charge in [0, 0.05) is 19.3 Å². The minimum atomic E-state index is -0.571. The van der Waals surface area contributed by atoms with Crippen molar-refractivity contribution in [1.29, 1.82) is 0 Å². The summed E-state index contributed by atoms with van der Waals surface area (Å²) < 4.78 is 0. The smallest absolute Gasteiger partial charge is 0.250 e. The Balaban J connectivity index is 1.99. The highest BCUT2D eigenvalue weighted by Crippen LogP contribution is 2.29. The molecule has 2 rings (SSSR count). The van der Waals surface area contributed by atoms with Crippen molar-refractivity contribution in [3.63, 3.8) is 0 Å². The lowest BCUT2D eigenvalue weighted by atomic mass is 9.89. The number of pyridine rings is 1. The number of aliphatic hydroxyl groups is 1. The molecule has 0 radical (unpaired) electrons. The van der Waals surface area contributed by atoms with Crippen molar-refractivity contribution >= 4 is 11.7 Å². The number of hydrogen-bond acceptors (Lipinski definition) is 4. The van der Waals surface area contributed by atoms with Crippen LogP contribution in [0.4, 0.5) is 5.82 Å². The zero-order chi connectivity index (χ0) is 12.5. The molecule has 2 heterocycles. The van der Waals surface area contributed by atoms with E-state index in [-0.39, 0.29) is 0 Å². The van der Waals surface area contributed by atoms with Gasteiger partial charge in [-0.3, -0.25) is 4.79 Å². The SMILES string of the molecule is CCCC1(O)CN(c2ccc(C(N)=O)cn2)C1. The van der Waals surface area contributed by atoms with E-state index in [4.69, 9.17) is 5.73 Å². The van der Waals surface area contributed by atoms with E-state index in [0.29, 0.717) is 18.7 Å². The first kappa shape index (κ1) is 11.9. The minimum Gasteiger partial charge on any atom is -0.386 e. The van der Waals surface area contributed by atoms with Gasteiger partial charge in [0.2, 0.25) is 5.91 Å². The first-order chi connectivity index (χ1) is 8.04. The van der Waals surface area contributed by atoms with E-state index in [2.05, 4.69) is 11.9 Å². The highest BCUT2D eigenvalue weighted by Gasteiger charge is 2.40. The van der Waals surface area contributed by atoms with Gasteiger partial charge in [0.05, 0.1) is 11.2 Å². The van der Waals surface area contributed by atoms with Crippen LogP contribution in [0.25, 0.3) is 0 Å². The topological polar surface area (TPSA) is 79.5 Å². The predicted octanol–water partition coefficient (Wildman–Crippen LogP) is 0.532. The fourth-order valence-corrected chi connectivity index (χ4v) is 2.17. The lowest BCUT2D eigenvalue weighted by Gasteiger charge is -2.47. The molecular weight excluding hydrogens is 218 g/mol. The third-order valence-electron chi connectivity index (χ3n) is 3.04. The van der Waals surface area contributed by atoms with Crippen LogP contribution >= 0.6 is 0 Å². The first-order valence-corrected chi connectivity index (χ1v) is 5.77. The molecule has 0 atom stereocenters. The molecule has 1 amide bonds. The normalized spacial score (nSPS) is 17.6. The van der Waals surface area contributed by atoms with Crippen LogP contribution in [-0.2, 0) is 0 Å². The summed E-state index contributed by atoms with van der Waals surface area (Å²) >= 11 is 0. The second kappa shape index (κ2) is 4.33. The van der Waals surface area contributed by atoms with Crippen molar-refractivity contribution in [3.8, 4) is 0 Å². The molecule has 5 heteroatoms. The van der Waals surface area contributed by atoms with E-state index in [1.807, 2.05) is 4.90 Å². The Morgan fingerprint density at radius 2 is 2.29 bits per heavy atom. The quantitative estimate of drug-likeness (QED) is 0.798. The maximum Gasteiger partial charge on any atom is 0.250 e. The van der Waals surface area contributed by atoms with E-state index in [1.54, 1.807) is 12.1 Å². The van der Waals surface area contributed by atoms with E-state index in [0.717, 1.165) is 18.7 Å². The lowest BCUT2D eigenvalue weighted by Crippen LogP contribution is -2.62. The number of nitrogens with zero attached hydrogens (tertiary/aromatic N) is 2. The summed E-state index contributed by atoms with van der Waals surface area (Å²) in [6.45, 7) is 3.26. The summed E-state index contributed by atoms with van der Waals surface area (Å²) in [5.74, 6) is 0.297. The molecule has 1 saturated heterocycles. The predicted molar refractivity (Wildman–Crippen MR) is 64.8 cm³/mol. The molecule has 1 fully saturated rings. The van der Waals surface area contributed by atoms with Crippen LogP contribution in [0.15, 0.2) is 18.3 Å². The van der Waals surface area contributed by atoms with E-state index in [9.17, 15) is 9.90 Å². The van der Waals surface area contributed by atoms with Gasteiger partial charge >= 0.3 is 0 Å². The molecule has 1 aliphatic rings. The van der Waals surface area contributed by atoms with Crippen LogP contribution in [-0.4, -0.2) is 34.7 Å². The summed E-state index contributed by atoms with van der Waals surface area (Å²) in [4.78, 5) is 17.0. The van der Waals surface area contributed by atoms with Gasteiger partial charge in [0.1, 0.15) is 5.82 Å². The van der Waals surface area contributed by atoms with Crippen LogP contribution in [0.5, 0.6) is 0 Å². The number of nitrogens with two attached hydrogens (primary N) is 1. The standard InChI is InChI=1S/C12H17N3O2/c1-2-5-12(17)7-15(8-12)10-4-3-9(6-14-10)11(13)16/h3-4,6,17H,2,5,7-8H2,1H3,(H2,13,16). The number of hydrogen-bond donors (Lipinski definition) is 2. The highest BCUT2D eigenvalue weighted by atomic mass is 16.3. The first-order valence-electron chi connectivity index (χ1n) is 5.77. The largest absolute Gasteiger partial charge is 0.386 e. The molecule has 0 spiro atoms. The molecular formula is C12H17N3O2.